The van der Waals surface area contributed by atoms with E-state index in [9.17, 15) is 9.59 Å². The lowest BCUT2D eigenvalue weighted by atomic mass is 10.0. The summed E-state index contributed by atoms with van der Waals surface area (Å²) in [5, 5.41) is 7.27. The number of hydrogen-bond donors (Lipinski definition) is 1. The monoisotopic (exact) mass is 454 g/mol. The second kappa shape index (κ2) is 9.58. The van der Waals surface area contributed by atoms with E-state index in [1.54, 1.807) is 4.68 Å². The number of hydrogen-bond acceptors (Lipinski definition) is 6. The van der Waals surface area contributed by atoms with Crippen molar-refractivity contribution in [2.24, 2.45) is 0 Å². The number of rotatable bonds is 6. The van der Waals surface area contributed by atoms with Crippen molar-refractivity contribution >= 4 is 11.9 Å². The Morgan fingerprint density at radius 1 is 0.971 bits per heavy atom. The van der Waals surface area contributed by atoms with E-state index in [4.69, 9.17) is 9.47 Å². The fourth-order valence-corrected chi connectivity index (χ4v) is 3.85. The van der Waals surface area contributed by atoms with Crippen LogP contribution in [0.3, 0.4) is 0 Å². The molecule has 2 heterocycles. The molecule has 0 bridgehead atoms. The first kappa shape index (κ1) is 21.4. The van der Waals surface area contributed by atoms with Crippen molar-refractivity contribution in [3.8, 4) is 22.8 Å². The van der Waals surface area contributed by atoms with Gasteiger partial charge in [-0.15, -0.1) is 5.10 Å². The molecule has 8 heteroatoms. The second-order valence-corrected chi connectivity index (χ2v) is 7.74. The summed E-state index contributed by atoms with van der Waals surface area (Å²) < 4.78 is 12.4. The largest absolute Gasteiger partial charge is 0.493 e. The van der Waals surface area contributed by atoms with Crippen LogP contribution in [0.4, 0.5) is 0 Å². The molecular weight excluding hydrogens is 432 g/mol. The van der Waals surface area contributed by atoms with Gasteiger partial charge in [-0.05, 0) is 18.2 Å². The zero-order chi connectivity index (χ0) is 23.3. The topological polar surface area (TPSA) is 95.3 Å². The Kier molecular flexibility index (Phi) is 6.03. The van der Waals surface area contributed by atoms with Crippen LogP contribution in [0.25, 0.3) is 17.1 Å². The summed E-state index contributed by atoms with van der Waals surface area (Å²) in [6.07, 6.45) is 0.639. The summed E-state index contributed by atoms with van der Waals surface area (Å²) in [5.74, 6) is -0.0377. The molecule has 3 aromatic carbocycles. The molecule has 0 saturated heterocycles. The molecule has 0 spiro atoms. The van der Waals surface area contributed by atoms with E-state index in [1.807, 2.05) is 84.9 Å². The lowest BCUT2D eigenvalue weighted by Crippen LogP contribution is -2.35. The van der Waals surface area contributed by atoms with Crippen molar-refractivity contribution in [2.75, 3.05) is 13.2 Å². The number of amides is 1. The lowest BCUT2D eigenvalue weighted by molar-refractivity contribution is -0.125. The molecule has 5 rings (SSSR count). The number of ether oxygens (including phenoxy) is 2. The molecule has 1 N–H and O–H groups in total. The molecule has 0 radical (unpaired) electrons. The van der Waals surface area contributed by atoms with Gasteiger partial charge in [0.2, 0.25) is 0 Å². The highest BCUT2D eigenvalue weighted by molar-refractivity contribution is 5.88. The van der Waals surface area contributed by atoms with E-state index < -0.39 is 18.5 Å². The SMILES string of the molecule is O=C(COC(=O)c1nc(-c2ccccc2)n(-c2ccccc2)n1)NC1CCOc2ccccc21. The summed E-state index contributed by atoms with van der Waals surface area (Å²) in [6, 6.07) is 26.2. The number of benzene rings is 3. The first-order valence-electron chi connectivity index (χ1n) is 10.9. The Balaban J connectivity index is 1.30. The maximum Gasteiger partial charge on any atom is 0.378 e. The van der Waals surface area contributed by atoms with Crippen molar-refractivity contribution in [1.29, 1.82) is 0 Å². The zero-order valence-electron chi connectivity index (χ0n) is 18.3. The summed E-state index contributed by atoms with van der Waals surface area (Å²) in [4.78, 5) is 29.6. The molecule has 0 saturated carbocycles. The Morgan fingerprint density at radius 2 is 1.68 bits per heavy atom. The number of esters is 1. The molecular formula is C26H22N4O4. The van der Waals surface area contributed by atoms with E-state index >= 15 is 0 Å². The number of carbonyl (C=O) groups is 2. The van der Waals surface area contributed by atoms with Crippen LogP contribution in [0.2, 0.25) is 0 Å². The number of carbonyl (C=O) groups excluding carboxylic acids is 2. The highest BCUT2D eigenvalue weighted by atomic mass is 16.5. The van der Waals surface area contributed by atoms with Gasteiger partial charge in [0.25, 0.3) is 11.7 Å². The second-order valence-electron chi connectivity index (χ2n) is 7.74. The smallest absolute Gasteiger partial charge is 0.378 e. The third-order valence-electron chi connectivity index (χ3n) is 5.45. The third-order valence-corrected chi connectivity index (χ3v) is 5.45. The molecule has 1 unspecified atom stereocenters. The van der Waals surface area contributed by atoms with Crippen molar-refractivity contribution < 1.29 is 19.1 Å². The number of aromatic nitrogens is 3. The normalized spacial score (nSPS) is 14.5. The van der Waals surface area contributed by atoms with Crippen LogP contribution in [0.15, 0.2) is 84.9 Å². The van der Waals surface area contributed by atoms with Crippen LogP contribution in [0, 0.1) is 0 Å². The maximum absolute atomic E-state index is 12.7. The number of nitrogens with zero attached hydrogens (tertiary/aromatic N) is 3. The standard InChI is InChI=1S/C26H22N4O4/c31-23(27-21-15-16-33-22-14-8-7-13-20(21)22)17-34-26(32)24-28-25(18-9-3-1-4-10-18)30(29-24)19-11-5-2-6-12-19/h1-14,21H,15-17H2,(H,27,31). The van der Waals surface area contributed by atoms with Gasteiger partial charge in [0.1, 0.15) is 5.75 Å². The number of para-hydroxylation sites is 2. The minimum atomic E-state index is -0.769. The maximum atomic E-state index is 12.7. The molecule has 1 aromatic heterocycles. The molecule has 1 atom stereocenters. The number of nitrogens with one attached hydrogen (secondary N) is 1. The van der Waals surface area contributed by atoms with Gasteiger partial charge in [0, 0.05) is 17.5 Å². The average Bonchev–Trinajstić information content (AvgIpc) is 3.34. The molecule has 1 aliphatic rings. The fraction of sp³-hybridized carbons (Fsp3) is 0.154. The van der Waals surface area contributed by atoms with Crippen molar-refractivity contribution in [3.05, 3.63) is 96.3 Å². The van der Waals surface area contributed by atoms with Gasteiger partial charge < -0.3 is 14.8 Å². The summed E-state index contributed by atoms with van der Waals surface area (Å²) in [7, 11) is 0. The van der Waals surface area contributed by atoms with Crippen molar-refractivity contribution in [1.82, 2.24) is 20.1 Å². The van der Waals surface area contributed by atoms with Crippen LogP contribution in [0.5, 0.6) is 5.75 Å². The van der Waals surface area contributed by atoms with E-state index in [0.29, 0.717) is 18.9 Å². The zero-order valence-corrected chi connectivity index (χ0v) is 18.3. The Labute approximate surface area is 196 Å². The third kappa shape index (κ3) is 4.52. The molecule has 170 valence electrons. The average molecular weight is 454 g/mol. The number of fused-ring (bicyclic) bond motifs is 1. The van der Waals surface area contributed by atoms with E-state index in [1.165, 1.54) is 0 Å². The molecule has 8 nitrogen and oxygen atoms in total. The van der Waals surface area contributed by atoms with Crippen LogP contribution in [-0.2, 0) is 9.53 Å². The highest BCUT2D eigenvalue weighted by Crippen LogP contribution is 2.31. The fourth-order valence-electron chi connectivity index (χ4n) is 3.85. The van der Waals surface area contributed by atoms with Crippen LogP contribution >= 0.6 is 0 Å². The lowest BCUT2D eigenvalue weighted by Gasteiger charge is -2.26. The predicted octanol–water partition coefficient (Wildman–Crippen LogP) is 3.73. The van der Waals surface area contributed by atoms with Crippen LogP contribution in [0.1, 0.15) is 28.6 Å². The van der Waals surface area contributed by atoms with Crippen molar-refractivity contribution in [3.63, 3.8) is 0 Å². The molecule has 0 fully saturated rings. The van der Waals surface area contributed by atoms with Crippen LogP contribution in [-0.4, -0.2) is 39.9 Å². The van der Waals surface area contributed by atoms with Gasteiger partial charge in [-0.3, -0.25) is 4.79 Å². The van der Waals surface area contributed by atoms with E-state index in [0.717, 1.165) is 22.6 Å². The Hall–Kier alpha value is -4.46. The minimum absolute atomic E-state index is 0.119. The van der Waals surface area contributed by atoms with Gasteiger partial charge in [0.15, 0.2) is 12.4 Å². The predicted molar refractivity (Wildman–Crippen MR) is 125 cm³/mol. The molecule has 1 aliphatic heterocycles. The Bertz CT molecular complexity index is 1250. The quantitative estimate of drug-likeness (QED) is 0.446. The van der Waals surface area contributed by atoms with Gasteiger partial charge in [0.05, 0.1) is 18.3 Å². The summed E-state index contributed by atoms with van der Waals surface area (Å²) in [6.45, 7) is 0.0732. The molecule has 1 amide bonds. The first-order chi connectivity index (χ1) is 16.7. The van der Waals surface area contributed by atoms with Gasteiger partial charge in [-0.25, -0.2) is 14.5 Å². The van der Waals surface area contributed by atoms with Crippen LogP contribution < -0.4 is 10.1 Å². The molecule has 4 aromatic rings. The Morgan fingerprint density at radius 3 is 2.47 bits per heavy atom. The van der Waals surface area contributed by atoms with Crippen molar-refractivity contribution in [2.45, 2.75) is 12.5 Å². The molecule has 0 aliphatic carbocycles. The first-order valence-corrected chi connectivity index (χ1v) is 10.9. The summed E-state index contributed by atoms with van der Waals surface area (Å²) >= 11 is 0. The highest BCUT2D eigenvalue weighted by Gasteiger charge is 2.24. The van der Waals surface area contributed by atoms with E-state index in [-0.39, 0.29) is 11.9 Å². The molecule has 34 heavy (non-hydrogen) atoms. The van der Waals surface area contributed by atoms with E-state index in [2.05, 4.69) is 15.4 Å². The van der Waals surface area contributed by atoms with Gasteiger partial charge in [-0.2, -0.15) is 0 Å². The van der Waals surface area contributed by atoms with Gasteiger partial charge in [-0.1, -0.05) is 66.7 Å². The minimum Gasteiger partial charge on any atom is -0.493 e. The van der Waals surface area contributed by atoms with Gasteiger partial charge >= 0.3 is 5.97 Å². The summed E-state index contributed by atoms with van der Waals surface area (Å²) in [5.41, 5.74) is 2.46.